The number of nitrogens with zero attached hydrogens (tertiary/aromatic N) is 3. The summed E-state index contributed by atoms with van der Waals surface area (Å²) in [6.45, 7) is 0.759. The third kappa shape index (κ3) is 5.11. The third-order valence-electron chi connectivity index (χ3n) is 7.07. The number of amides is 1. The van der Waals surface area contributed by atoms with E-state index in [1.54, 1.807) is 13.3 Å². The van der Waals surface area contributed by atoms with E-state index in [4.69, 9.17) is 4.74 Å². The van der Waals surface area contributed by atoms with Crippen LogP contribution in [-0.2, 0) is 6.42 Å². The first-order valence-corrected chi connectivity index (χ1v) is 12.5. The lowest BCUT2D eigenvalue weighted by atomic mass is 9.92. The number of rotatable bonds is 6. The van der Waals surface area contributed by atoms with Gasteiger partial charge in [-0.15, -0.1) is 0 Å². The Kier molecular flexibility index (Phi) is 7.00. The molecule has 3 aromatic rings. The van der Waals surface area contributed by atoms with Crippen molar-refractivity contribution in [3.63, 3.8) is 0 Å². The van der Waals surface area contributed by atoms with E-state index in [9.17, 15) is 9.90 Å². The highest BCUT2D eigenvalue weighted by Gasteiger charge is 2.26. The van der Waals surface area contributed by atoms with Crippen LogP contribution in [0, 0.1) is 0 Å². The van der Waals surface area contributed by atoms with Gasteiger partial charge in [0.15, 0.2) is 0 Å². The Balaban J connectivity index is 1.42. The summed E-state index contributed by atoms with van der Waals surface area (Å²) >= 11 is 0. The fourth-order valence-electron chi connectivity index (χ4n) is 5.15. The van der Waals surface area contributed by atoms with Crippen molar-refractivity contribution in [3.05, 3.63) is 83.3 Å². The molecule has 0 bridgehead atoms. The molecule has 2 unspecified atom stereocenters. The van der Waals surface area contributed by atoms with E-state index in [2.05, 4.69) is 45.5 Å². The highest BCUT2D eigenvalue weighted by molar-refractivity contribution is 5.96. The van der Waals surface area contributed by atoms with Crippen molar-refractivity contribution in [3.8, 4) is 5.75 Å². The number of hydrogen-bond acceptors (Lipinski definition) is 6. The lowest BCUT2D eigenvalue weighted by Crippen LogP contribution is -2.45. The first-order valence-electron chi connectivity index (χ1n) is 12.5. The zero-order valence-corrected chi connectivity index (χ0v) is 20.8. The molecule has 0 radical (unpaired) electrons. The van der Waals surface area contributed by atoms with Crippen LogP contribution in [0.25, 0.3) is 16.6 Å². The van der Waals surface area contributed by atoms with Crippen LogP contribution in [0.1, 0.15) is 47.3 Å². The zero-order chi connectivity index (χ0) is 25.1. The van der Waals surface area contributed by atoms with E-state index < -0.39 is 6.10 Å². The molecule has 186 valence electrons. The molecule has 0 saturated heterocycles. The van der Waals surface area contributed by atoms with Crippen molar-refractivity contribution in [2.75, 3.05) is 20.7 Å². The van der Waals surface area contributed by atoms with Gasteiger partial charge < -0.3 is 20.1 Å². The van der Waals surface area contributed by atoms with Crippen molar-refractivity contribution < 1.29 is 14.6 Å². The maximum Gasteiger partial charge on any atom is 0.270 e. The number of aliphatic hydroxyl groups is 1. The fourth-order valence-corrected chi connectivity index (χ4v) is 5.15. The Bertz CT molecular complexity index is 1330. The molecular weight excluding hydrogens is 452 g/mol. The molecule has 2 atom stereocenters. The van der Waals surface area contributed by atoms with Crippen LogP contribution < -0.4 is 10.1 Å². The summed E-state index contributed by atoms with van der Waals surface area (Å²) in [4.78, 5) is 24.3. The number of aromatic nitrogens is 2. The third-order valence-corrected chi connectivity index (χ3v) is 7.07. The molecule has 1 aliphatic heterocycles. The van der Waals surface area contributed by atoms with Crippen LogP contribution in [0.15, 0.2) is 66.5 Å². The van der Waals surface area contributed by atoms with Crippen LogP contribution >= 0.6 is 0 Å². The predicted octanol–water partition coefficient (Wildman–Crippen LogP) is 4.13. The van der Waals surface area contributed by atoms with Crippen molar-refractivity contribution in [2.24, 2.45) is 0 Å². The minimum atomic E-state index is -0.494. The Labute approximate surface area is 211 Å². The summed E-state index contributed by atoms with van der Waals surface area (Å²) in [5, 5.41) is 14.4. The summed E-state index contributed by atoms with van der Waals surface area (Å²) in [5.74, 6) is 0.502. The van der Waals surface area contributed by atoms with Gasteiger partial charge in [-0.25, -0.2) is 4.98 Å². The molecule has 1 fully saturated rings. The Hall–Kier alpha value is -3.71. The smallest absolute Gasteiger partial charge is 0.270 e. The molecule has 1 aliphatic carbocycles. The van der Waals surface area contributed by atoms with Gasteiger partial charge in [-0.3, -0.25) is 9.78 Å². The van der Waals surface area contributed by atoms with Gasteiger partial charge >= 0.3 is 0 Å². The maximum atomic E-state index is 13.1. The largest absolute Gasteiger partial charge is 0.495 e. The molecule has 7 heteroatoms. The number of aliphatic hydroxyl groups excluding tert-OH is 1. The molecule has 3 heterocycles. The van der Waals surface area contributed by atoms with E-state index in [1.165, 1.54) is 5.57 Å². The minimum absolute atomic E-state index is 0.215. The van der Waals surface area contributed by atoms with Crippen LogP contribution in [-0.4, -0.2) is 58.7 Å². The molecular formula is C29H32N4O3. The Morgan fingerprint density at radius 2 is 2.00 bits per heavy atom. The van der Waals surface area contributed by atoms with Gasteiger partial charge in [0.25, 0.3) is 5.91 Å². The van der Waals surface area contributed by atoms with E-state index in [0.717, 1.165) is 65.7 Å². The lowest BCUT2D eigenvalue weighted by Gasteiger charge is -2.28. The number of benzene rings is 1. The number of pyridine rings is 2. The average Bonchev–Trinajstić information content (AvgIpc) is 2.90. The number of fused-ring (bicyclic) bond motifs is 1. The highest BCUT2D eigenvalue weighted by atomic mass is 16.5. The minimum Gasteiger partial charge on any atom is -0.495 e. The van der Waals surface area contributed by atoms with Gasteiger partial charge in [-0.1, -0.05) is 37.1 Å². The van der Waals surface area contributed by atoms with Gasteiger partial charge in [-0.05, 0) is 54.7 Å². The van der Waals surface area contributed by atoms with E-state index in [-0.39, 0.29) is 11.9 Å². The van der Waals surface area contributed by atoms with Crippen molar-refractivity contribution >= 4 is 22.5 Å². The van der Waals surface area contributed by atoms with Gasteiger partial charge in [0, 0.05) is 36.4 Å². The van der Waals surface area contributed by atoms with E-state index >= 15 is 0 Å². The van der Waals surface area contributed by atoms with Crippen molar-refractivity contribution in [2.45, 2.75) is 44.2 Å². The van der Waals surface area contributed by atoms with E-state index in [1.807, 2.05) is 36.5 Å². The first kappa shape index (κ1) is 24.0. The number of allylic oxidation sites excluding steroid dienone is 2. The quantitative estimate of drug-likeness (QED) is 0.547. The van der Waals surface area contributed by atoms with E-state index in [0.29, 0.717) is 12.1 Å². The summed E-state index contributed by atoms with van der Waals surface area (Å²) in [6.07, 6.45) is 11.6. The molecule has 0 spiro atoms. The first-order chi connectivity index (χ1) is 17.5. The normalized spacial score (nSPS) is 20.0. The lowest BCUT2D eigenvalue weighted by molar-refractivity contribution is 0.0714. The number of nitrogens with one attached hydrogen (secondary N) is 1. The fraction of sp³-hybridized carbons (Fsp3) is 0.345. The summed E-state index contributed by atoms with van der Waals surface area (Å²) < 4.78 is 5.33. The zero-order valence-electron chi connectivity index (χ0n) is 20.8. The standard InChI is InChI=1S/C29H32N4O3/c1-33-18-19(11-12-27(33)21-14-22(36-2)17-30-16-21)13-20-15-26(31-24-8-4-3-7-23(20)24)29(35)32-25-9-5-6-10-28(25)34/h3-4,7-8,11-12,14-17,25,28,34H,5-6,9-10,13,18H2,1-2H3,(H,32,35). The number of methoxy groups -OCH3 is 1. The maximum absolute atomic E-state index is 13.1. The monoisotopic (exact) mass is 484 g/mol. The molecule has 7 nitrogen and oxygen atoms in total. The van der Waals surface area contributed by atoms with Gasteiger partial charge in [-0.2, -0.15) is 0 Å². The topological polar surface area (TPSA) is 87.6 Å². The van der Waals surface area contributed by atoms with Crippen LogP contribution in [0.4, 0.5) is 0 Å². The SMILES string of the molecule is COc1cncc(C2=CC=C(Cc3cc(C(=O)NC4CCCCC4O)nc4ccccc34)CN2C)c1. The summed E-state index contributed by atoms with van der Waals surface area (Å²) in [7, 11) is 3.71. The second-order valence-corrected chi connectivity index (χ2v) is 9.64. The molecule has 36 heavy (non-hydrogen) atoms. The van der Waals surface area contributed by atoms with Crippen LogP contribution in [0.3, 0.4) is 0 Å². The Morgan fingerprint density at radius 3 is 2.81 bits per heavy atom. The molecule has 2 aliphatic rings. The predicted molar refractivity (Wildman–Crippen MR) is 141 cm³/mol. The summed E-state index contributed by atoms with van der Waals surface area (Å²) in [6, 6.07) is 11.6. The average molecular weight is 485 g/mol. The van der Waals surface area contributed by atoms with Crippen molar-refractivity contribution in [1.29, 1.82) is 0 Å². The number of carbonyl (C=O) groups is 1. The van der Waals surface area contributed by atoms with Gasteiger partial charge in [0.2, 0.25) is 0 Å². The van der Waals surface area contributed by atoms with Crippen LogP contribution in [0.2, 0.25) is 0 Å². The second-order valence-electron chi connectivity index (χ2n) is 9.64. The number of carbonyl (C=O) groups excluding carboxylic acids is 1. The van der Waals surface area contributed by atoms with Gasteiger partial charge in [0.1, 0.15) is 11.4 Å². The molecule has 1 saturated carbocycles. The van der Waals surface area contributed by atoms with Gasteiger partial charge in [0.05, 0.1) is 31.0 Å². The summed E-state index contributed by atoms with van der Waals surface area (Å²) in [5.41, 5.74) is 5.58. The molecule has 2 N–H and O–H groups in total. The number of hydrogen-bond donors (Lipinski definition) is 2. The highest BCUT2D eigenvalue weighted by Crippen LogP contribution is 2.28. The van der Waals surface area contributed by atoms with Crippen molar-refractivity contribution in [1.82, 2.24) is 20.2 Å². The molecule has 1 aromatic carbocycles. The van der Waals surface area contributed by atoms with Crippen LogP contribution in [0.5, 0.6) is 5.75 Å². The molecule has 5 rings (SSSR count). The molecule has 2 aromatic heterocycles. The number of ether oxygens (including phenoxy) is 1. The second kappa shape index (κ2) is 10.5. The molecule has 1 amide bonds. The Morgan fingerprint density at radius 1 is 1.17 bits per heavy atom. The number of para-hydroxylation sites is 1. The number of likely N-dealkylation sites (N-methyl/N-ethyl adjacent to an activating group) is 1.